The average molecular weight is 233 g/mol. The molecule has 0 bridgehead atoms. The van der Waals surface area contributed by atoms with E-state index in [-0.39, 0.29) is 6.04 Å². The van der Waals surface area contributed by atoms with Crippen molar-refractivity contribution in [1.29, 1.82) is 0 Å². The highest BCUT2D eigenvalue weighted by atomic mass is 32.1. The number of methoxy groups -OCH3 is 1. The van der Waals surface area contributed by atoms with Crippen LogP contribution in [0.3, 0.4) is 0 Å². The van der Waals surface area contributed by atoms with Gasteiger partial charge in [0.2, 0.25) is 0 Å². The summed E-state index contributed by atoms with van der Waals surface area (Å²) in [6.45, 7) is 2.06. The zero-order valence-electron chi connectivity index (χ0n) is 9.44. The van der Waals surface area contributed by atoms with Crippen LogP contribution in [-0.2, 0) is 0 Å². The second kappa shape index (κ2) is 4.68. The standard InChI is InChI=1S/C13H15NOS/c1-9-8-10(15-2)5-6-11(9)13(14)12-4-3-7-16-12/h3-8,13H,14H2,1-2H3/t13-/m1/s1. The number of ether oxygens (including phenoxy) is 1. The second-order valence-electron chi connectivity index (χ2n) is 3.72. The van der Waals surface area contributed by atoms with Gasteiger partial charge in [-0.15, -0.1) is 11.3 Å². The van der Waals surface area contributed by atoms with Crippen molar-refractivity contribution in [2.45, 2.75) is 13.0 Å². The predicted molar refractivity (Wildman–Crippen MR) is 68.1 cm³/mol. The first-order chi connectivity index (χ1) is 7.72. The van der Waals surface area contributed by atoms with Gasteiger partial charge in [0.05, 0.1) is 13.2 Å². The molecule has 2 N–H and O–H groups in total. The molecular weight excluding hydrogens is 218 g/mol. The van der Waals surface area contributed by atoms with Crippen LogP contribution in [-0.4, -0.2) is 7.11 Å². The fourth-order valence-corrected chi connectivity index (χ4v) is 2.49. The highest BCUT2D eigenvalue weighted by Gasteiger charge is 2.12. The van der Waals surface area contributed by atoms with Crippen LogP contribution in [0.2, 0.25) is 0 Å². The smallest absolute Gasteiger partial charge is 0.119 e. The normalized spacial score (nSPS) is 12.4. The first kappa shape index (κ1) is 11.2. The van der Waals surface area contributed by atoms with Crippen LogP contribution in [0.25, 0.3) is 0 Å². The lowest BCUT2D eigenvalue weighted by molar-refractivity contribution is 0.414. The maximum atomic E-state index is 6.22. The Kier molecular flexibility index (Phi) is 3.27. The fourth-order valence-electron chi connectivity index (χ4n) is 1.75. The third-order valence-corrected chi connectivity index (χ3v) is 3.62. The van der Waals surface area contributed by atoms with Crippen molar-refractivity contribution in [2.75, 3.05) is 7.11 Å². The highest BCUT2D eigenvalue weighted by Crippen LogP contribution is 2.28. The molecule has 0 fully saturated rings. The minimum Gasteiger partial charge on any atom is -0.497 e. The molecule has 1 heterocycles. The summed E-state index contributed by atoms with van der Waals surface area (Å²) in [5, 5.41) is 2.05. The SMILES string of the molecule is COc1ccc([C@@H](N)c2cccs2)c(C)c1. The van der Waals surface area contributed by atoms with E-state index in [1.165, 1.54) is 10.4 Å². The molecule has 0 aliphatic heterocycles. The predicted octanol–water partition coefficient (Wildman–Crippen LogP) is 3.11. The van der Waals surface area contributed by atoms with Crippen LogP contribution in [0.5, 0.6) is 5.75 Å². The zero-order valence-corrected chi connectivity index (χ0v) is 10.3. The summed E-state index contributed by atoms with van der Waals surface area (Å²) in [6.07, 6.45) is 0. The van der Waals surface area contributed by atoms with Crippen molar-refractivity contribution in [3.05, 3.63) is 51.7 Å². The van der Waals surface area contributed by atoms with E-state index < -0.39 is 0 Å². The van der Waals surface area contributed by atoms with Gasteiger partial charge in [-0.05, 0) is 41.6 Å². The topological polar surface area (TPSA) is 35.2 Å². The molecular formula is C13H15NOS. The van der Waals surface area contributed by atoms with Gasteiger partial charge in [0.15, 0.2) is 0 Å². The Bertz CT molecular complexity index is 465. The third kappa shape index (κ3) is 2.10. The monoisotopic (exact) mass is 233 g/mol. The van der Waals surface area contributed by atoms with E-state index in [0.717, 1.165) is 11.3 Å². The third-order valence-electron chi connectivity index (χ3n) is 2.66. The molecule has 0 radical (unpaired) electrons. The Morgan fingerprint density at radius 1 is 1.31 bits per heavy atom. The molecule has 1 atom stereocenters. The largest absolute Gasteiger partial charge is 0.497 e. The van der Waals surface area contributed by atoms with Crippen LogP contribution in [0.15, 0.2) is 35.7 Å². The number of hydrogen-bond acceptors (Lipinski definition) is 3. The van der Waals surface area contributed by atoms with Crippen LogP contribution in [0, 0.1) is 6.92 Å². The zero-order chi connectivity index (χ0) is 11.5. The van der Waals surface area contributed by atoms with Crippen molar-refractivity contribution in [3.63, 3.8) is 0 Å². The lowest BCUT2D eigenvalue weighted by atomic mass is 10.0. The number of aryl methyl sites for hydroxylation is 1. The minimum absolute atomic E-state index is 0.0362. The van der Waals surface area contributed by atoms with E-state index in [1.807, 2.05) is 29.6 Å². The van der Waals surface area contributed by atoms with Crippen LogP contribution in [0.1, 0.15) is 22.0 Å². The molecule has 2 nitrogen and oxygen atoms in total. The number of rotatable bonds is 3. The molecule has 84 valence electrons. The van der Waals surface area contributed by atoms with E-state index in [2.05, 4.69) is 13.0 Å². The van der Waals surface area contributed by atoms with Gasteiger partial charge < -0.3 is 10.5 Å². The molecule has 1 aromatic heterocycles. The maximum absolute atomic E-state index is 6.22. The number of nitrogens with two attached hydrogens (primary N) is 1. The molecule has 0 unspecified atom stereocenters. The lowest BCUT2D eigenvalue weighted by Gasteiger charge is -2.14. The molecule has 3 heteroatoms. The molecule has 2 aromatic rings. The number of hydrogen-bond donors (Lipinski definition) is 1. The molecule has 0 saturated carbocycles. The van der Waals surface area contributed by atoms with Gasteiger partial charge in [-0.3, -0.25) is 0 Å². The second-order valence-corrected chi connectivity index (χ2v) is 4.69. The van der Waals surface area contributed by atoms with E-state index in [1.54, 1.807) is 18.4 Å². The summed E-state index contributed by atoms with van der Waals surface area (Å²) < 4.78 is 5.18. The Morgan fingerprint density at radius 2 is 2.12 bits per heavy atom. The summed E-state index contributed by atoms with van der Waals surface area (Å²) in [7, 11) is 1.67. The van der Waals surface area contributed by atoms with Gasteiger partial charge in [0, 0.05) is 4.88 Å². The summed E-state index contributed by atoms with van der Waals surface area (Å²) in [5.41, 5.74) is 8.55. The van der Waals surface area contributed by atoms with Crippen molar-refractivity contribution in [2.24, 2.45) is 5.73 Å². The van der Waals surface area contributed by atoms with Gasteiger partial charge in [-0.2, -0.15) is 0 Å². The lowest BCUT2D eigenvalue weighted by Crippen LogP contribution is -2.11. The molecule has 0 amide bonds. The van der Waals surface area contributed by atoms with Gasteiger partial charge in [-0.25, -0.2) is 0 Å². The van der Waals surface area contributed by atoms with Crippen molar-refractivity contribution in [1.82, 2.24) is 0 Å². The Hall–Kier alpha value is -1.32. The Balaban J connectivity index is 2.34. The Labute approximate surface area is 99.7 Å². The molecule has 0 aliphatic carbocycles. The van der Waals surface area contributed by atoms with Crippen molar-refractivity contribution < 1.29 is 4.74 Å². The molecule has 0 saturated heterocycles. The van der Waals surface area contributed by atoms with Gasteiger partial charge in [0.25, 0.3) is 0 Å². The fraction of sp³-hybridized carbons (Fsp3) is 0.231. The van der Waals surface area contributed by atoms with E-state index in [9.17, 15) is 0 Å². The van der Waals surface area contributed by atoms with Crippen LogP contribution < -0.4 is 10.5 Å². The number of thiophene rings is 1. The van der Waals surface area contributed by atoms with E-state index >= 15 is 0 Å². The minimum atomic E-state index is -0.0362. The summed E-state index contributed by atoms with van der Waals surface area (Å²) in [6, 6.07) is 10.1. The quantitative estimate of drug-likeness (QED) is 0.884. The van der Waals surface area contributed by atoms with Gasteiger partial charge in [0.1, 0.15) is 5.75 Å². The maximum Gasteiger partial charge on any atom is 0.119 e. The molecule has 16 heavy (non-hydrogen) atoms. The molecule has 0 spiro atoms. The van der Waals surface area contributed by atoms with Gasteiger partial charge >= 0.3 is 0 Å². The molecule has 2 rings (SSSR count). The van der Waals surface area contributed by atoms with Crippen LogP contribution >= 0.6 is 11.3 Å². The molecule has 0 aliphatic rings. The Morgan fingerprint density at radius 3 is 2.69 bits per heavy atom. The summed E-state index contributed by atoms with van der Waals surface area (Å²) >= 11 is 1.69. The van der Waals surface area contributed by atoms with Gasteiger partial charge in [-0.1, -0.05) is 12.1 Å². The molecule has 1 aromatic carbocycles. The first-order valence-electron chi connectivity index (χ1n) is 5.16. The first-order valence-corrected chi connectivity index (χ1v) is 6.04. The van der Waals surface area contributed by atoms with E-state index in [4.69, 9.17) is 10.5 Å². The summed E-state index contributed by atoms with van der Waals surface area (Å²) in [4.78, 5) is 1.19. The van der Waals surface area contributed by atoms with Crippen LogP contribution in [0.4, 0.5) is 0 Å². The average Bonchev–Trinajstić information content (AvgIpc) is 2.81. The van der Waals surface area contributed by atoms with E-state index in [0.29, 0.717) is 0 Å². The van der Waals surface area contributed by atoms with Crippen molar-refractivity contribution >= 4 is 11.3 Å². The van der Waals surface area contributed by atoms with Crippen molar-refractivity contribution in [3.8, 4) is 5.75 Å². The number of benzene rings is 1. The summed E-state index contributed by atoms with van der Waals surface area (Å²) in [5.74, 6) is 0.875. The highest BCUT2D eigenvalue weighted by molar-refractivity contribution is 7.10.